The smallest absolute Gasteiger partial charge is 0.231 e. The van der Waals surface area contributed by atoms with Crippen molar-refractivity contribution in [2.75, 3.05) is 11.4 Å². The highest BCUT2D eigenvalue weighted by atomic mass is 79.9. The van der Waals surface area contributed by atoms with Crippen molar-refractivity contribution in [3.05, 3.63) is 45.7 Å². The van der Waals surface area contributed by atoms with E-state index in [-0.39, 0.29) is 0 Å². The highest BCUT2D eigenvalue weighted by Gasteiger charge is 2.16. The van der Waals surface area contributed by atoms with Crippen molar-refractivity contribution in [3.8, 4) is 12.3 Å². The second-order valence-electron chi connectivity index (χ2n) is 5.61. The van der Waals surface area contributed by atoms with Crippen molar-refractivity contribution in [3.63, 3.8) is 0 Å². The molecule has 1 heterocycles. The highest BCUT2D eigenvalue weighted by Crippen LogP contribution is 2.33. The van der Waals surface area contributed by atoms with Crippen LogP contribution in [0.1, 0.15) is 36.7 Å². The van der Waals surface area contributed by atoms with Gasteiger partial charge in [-0.3, -0.25) is 4.90 Å². The Hall–Kier alpha value is -1.86. The van der Waals surface area contributed by atoms with Gasteiger partial charge < -0.3 is 0 Å². The average Bonchev–Trinajstić information content (AvgIpc) is 2.44. The van der Waals surface area contributed by atoms with Crippen molar-refractivity contribution >= 4 is 27.6 Å². The lowest BCUT2D eigenvalue weighted by molar-refractivity contribution is 0.864. The SMILES string of the molecule is C#CCN(c1nc(C)cc(C)n1)c1ccc(C(C)C)cc1Br. The van der Waals surface area contributed by atoms with Crippen LogP contribution in [0.5, 0.6) is 0 Å². The Morgan fingerprint density at radius 2 is 1.82 bits per heavy atom. The Kier molecular flexibility index (Phi) is 5.20. The molecule has 0 bridgehead atoms. The van der Waals surface area contributed by atoms with Gasteiger partial charge in [-0.1, -0.05) is 25.8 Å². The molecule has 0 radical (unpaired) electrons. The molecule has 2 rings (SSSR count). The summed E-state index contributed by atoms with van der Waals surface area (Å²) in [5.41, 5.74) is 4.11. The van der Waals surface area contributed by atoms with E-state index >= 15 is 0 Å². The number of aryl methyl sites for hydroxylation is 2. The third kappa shape index (κ3) is 3.66. The zero-order valence-corrected chi connectivity index (χ0v) is 15.0. The number of hydrogen-bond donors (Lipinski definition) is 0. The first-order valence-electron chi connectivity index (χ1n) is 7.25. The van der Waals surface area contributed by atoms with E-state index < -0.39 is 0 Å². The predicted octanol–water partition coefficient (Wildman–Crippen LogP) is 4.75. The van der Waals surface area contributed by atoms with Crippen molar-refractivity contribution in [1.82, 2.24) is 9.97 Å². The van der Waals surface area contributed by atoms with E-state index in [0.29, 0.717) is 18.4 Å². The lowest BCUT2D eigenvalue weighted by Gasteiger charge is -2.23. The van der Waals surface area contributed by atoms with Crippen LogP contribution in [0.2, 0.25) is 0 Å². The summed E-state index contributed by atoms with van der Waals surface area (Å²) in [5.74, 6) is 3.80. The second kappa shape index (κ2) is 6.93. The Morgan fingerprint density at radius 3 is 2.32 bits per heavy atom. The summed E-state index contributed by atoms with van der Waals surface area (Å²) >= 11 is 3.65. The lowest BCUT2D eigenvalue weighted by atomic mass is 10.0. The van der Waals surface area contributed by atoms with E-state index in [9.17, 15) is 0 Å². The van der Waals surface area contributed by atoms with Gasteiger partial charge in [-0.25, -0.2) is 9.97 Å². The molecule has 1 aromatic carbocycles. The van der Waals surface area contributed by atoms with Crippen LogP contribution in [0.15, 0.2) is 28.7 Å². The quantitative estimate of drug-likeness (QED) is 0.739. The van der Waals surface area contributed by atoms with E-state index in [2.05, 4.69) is 63.9 Å². The van der Waals surface area contributed by atoms with Crippen LogP contribution in [-0.4, -0.2) is 16.5 Å². The molecule has 22 heavy (non-hydrogen) atoms. The Labute approximate surface area is 140 Å². The lowest BCUT2D eigenvalue weighted by Crippen LogP contribution is -2.21. The molecule has 0 saturated heterocycles. The van der Waals surface area contributed by atoms with Crippen LogP contribution in [0.4, 0.5) is 11.6 Å². The largest absolute Gasteiger partial charge is 0.298 e. The Balaban J connectivity index is 2.50. The fourth-order valence-corrected chi connectivity index (χ4v) is 2.89. The maximum absolute atomic E-state index is 5.55. The summed E-state index contributed by atoms with van der Waals surface area (Å²) in [5, 5.41) is 0. The molecule has 0 unspecified atom stereocenters. The fraction of sp³-hybridized carbons (Fsp3) is 0.333. The number of terminal acetylenes is 1. The Bertz CT molecular complexity index is 697. The molecule has 3 nitrogen and oxygen atoms in total. The van der Waals surface area contributed by atoms with Gasteiger partial charge in [-0.15, -0.1) is 6.42 Å². The number of aromatic nitrogens is 2. The summed E-state index contributed by atoms with van der Waals surface area (Å²) in [6.07, 6.45) is 5.55. The molecule has 1 aromatic heterocycles. The molecule has 0 aliphatic carbocycles. The summed E-state index contributed by atoms with van der Waals surface area (Å²) in [6, 6.07) is 8.27. The maximum Gasteiger partial charge on any atom is 0.231 e. The number of benzene rings is 1. The predicted molar refractivity (Wildman–Crippen MR) is 95.6 cm³/mol. The van der Waals surface area contributed by atoms with Gasteiger partial charge in [0.25, 0.3) is 0 Å². The highest BCUT2D eigenvalue weighted by molar-refractivity contribution is 9.10. The van der Waals surface area contributed by atoms with E-state index in [4.69, 9.17) is 6.42 Å². The monoisotopic (exact) mass is 357 g/mol. The van der Waals surface area contributed by atoms with E-state index in [0.717, 1.165) is 21.5 Å². The topological polar surface area (TPSA) is 29.0 Å². The molecule has 0 aliphatic rings. The fourth-order valence-electron chi connectivity index (χ4n) is 2.28. The minimum atomic E-state index is 0.419. The van der Waals surface area contributed by atoms with Crippen LogP contribution < -0.4 is 4.90 Å². The molecule has 0 aliphatic heterocycles. The molecule has 0 spiro atoms. The Morgan fingerprint density at radius 1 is 1.18 bits per heavy atom. The van der Waals surface area contributed by atoms with E-state index in [1.165, 1.54) is 5.56 Å². The molecule has 4 heteroatoms. The second-order valence-corrected chi connectivity index (χ2v) is 6.46. The van der Waals surface area contributed by atoms with Crippen LogP contribution in [0.3, 0.4) is 0 Å². The van der Waals surface area contributed by atoms with Crippen molar-refractivity contribution in [1.29, 1.82) is 0 Å². The average molecular weight is 358 g/mol. The number of rotatable bonds is 4. The number of anilines is 2. The first kappa shape index (κ1) is 16.5. The van der Waals surface area contributed by atoms with Crippen molar-refractivity contribution in [2.45, 2.75) is 33.6 Å². The van der Waals surface area contributed by atoms with E-state index in [1.54, 1.807) is 0 Å². The van der Waals surface area contributed by atoms with E-state index in [1.807, 2.05) is 24.8 Å². The molecule has 2 aromatic rings. The van der Waals surface area contributed by atoms with Gasteiger partial charge in [0.15, 0.2) is 0 Å². The van der Waals surface area contributed by atoms with Gasteiger partial charge in [0, 0.05) is 15.9 Å². The standard InChI is InChI=1S/C18H20BrN3/c1-6-9-22(18-20-13(4)10-14(5)21-18)17-8-7-15(12(2)3)11-16(17)19/h1,7-8,10-12H,9H2,2-5H3. The van der Waals surface area contributed by atoms with Crippen molar-refractivity contribution in [2.24, 2.45) is 0 Å². The third-order valence-corrected chi connectivity index (χ3v) is 4.03. The van der Waals surface area contributed by atoms with Gasteiger partial charge in [0.1, 0.15) is 0 Å². The van der Waals surface area contributed by atoms with Gasteiger partial charge in [-0.2, -0.15) is 0 Å². The molecule has 0 N–H and O–H groups in total. The van der Waals surface area contributed by atoms with Crippen LogP contribution in [0, 0.1) is 26.2 Å². The number of hydrogen-bond acceptors (Lipinski definition) is 3. The minimum absolute atomic E-state index is 0.419. The maximum atomic E-state index is 5.55. The zero-order chi connectivity index (χ0) is 16.3. The molecule has 0 amide bonds. The third-order valence-electron chi connectivity index (χ3n) is 3.39. The van der Waals surface area contributed by atoms with Gasteiger partial charge in [0.05, 0.1) is 12.2 Å². The summed E-state index contributed by atoms with van der Waals surface area (Å²) in [6.45, 7) is 8.69. The normalized spacial score (nSPS) is 10.6. The molecule has 0 fully saturated rings. The van der Waals surface area contributed by atoms with Crippen molar-refractivity contribution < 1.29 is 0 Å². The number of halogens is 1. The summed E-state index contributed by atoms with van der Waals surface area (Å²) in [4.78, 5) is 11.0. The van der Waals surface area contributed by atoms with Gasteiger partial charge >= 0.3 is 0 Å². The molecule has 0 atom stereocenters. The van der Waals surface area contributed by atoms with Crippen LogP contribution >= 0.6 is 15.9 Å². The molecule has 114 valence electrons. The van der Waals surface area contributed by atoms with Crippen LogP contribution in [0.25, 0.3) is 0 Å². The van der Waals surface area contributed by atoms with Gasteiger partial charge in [-0.05, 0) is 59.5 Å². The molecule has 0 saturated carbocycles. The van der Waals surface area contributed by atoms with Crippen LogP contribution in [-0.2, 0) is 0 Å². The first-order valence-corrected chi connectivity index (χ1v) is 8.04. The number of nitrogens with zero attached hydrogens (tertiary/aromatic N) is 3. The summed E-state index contributed by atoms with van der Waals surface area (Å²) < 4.78 is 0.997. The molecular weight excluding hydrogens is 338 g/mol. The summed E-state index contributed by atoms with van der Waals surface area (Å²) in [7, 11) is 0. The minimum Gasteiger partial charge on any atom is -0.298 e. The molecular formula is C18H20BrN3. The zero-order valence-electron chi connectivity index (χ0n) is 13.4. The first-order chi connectivity index (χ1) is 10.4. The van der Waals surface area contributed by atoms with Gasteiger partial charge in [0.2, 0.25) is 5.95 Å².